The van der Waals surface area contributed by atoms with Crippen molar-refractivity contribution in [1.29, 1.82) is 0 Å². The second kappa shape index (κ2) is 8.66. The molecule has 0 spiro atoms. The first-order valence-corrected chi connectivity index (χ1v) is 10.3. The SMILES string of the molecule is CCOC1CC(N)(C(=O)NC2CCN(C(=O)C3CCCCC3)C2)C1(C)C.Cl. The van der Waals surface area contributed by atoms with E-state index in [9.17, 15) is 9.59 Å². The van der Waals surface area contributed by atoms with Gasteiger partial charge in [-0.05, 0) is 26.2 Å². The summed E-state index contributed by atoms with van der Waals surface area (Å²) in [5, 5.41) is 3.11. The highest BCUT2D eigenvalue weighted by Crippen LogP contribution is 2.49. The van der Waals surface area contributed by atoms with Crippen molar-refractivity contribution in [2.75, 3.05) is 19.7 Å². The molecule has 1 aliphatic heterocycles. The minimum atomic E-state index is -0.895. The zero-order chi connectivity index (χ0) is 18.9. The molecule has 0 bridgehead atoms. The molecule has 3 aliphatic rings. The van der Waals surface area contributed by atoms with Crippen molar-refractivity contribution >= 4 is 24.2 Å². The van der Waals surface area contributed by atoms with Gasteiger partial charge in [-0.15, -0.1) is 12.4 Å². The van der Waals surface area contributed by atoms with Crippen molar-refractivity contribution in [3.05, 3.63) is 0 Å². The van der Waals surface area contributed by atoms with E-state index in [1.807, 2.05) is 25.7 Å². The molecule has 156 valence electrons. The quantitative estimate of drug-likeness (QED) is 0.739. The van der Waals surface area contributed by atoms with E-state index in [1.165, 1.54) is 6.42 Å². The number of hydrogen-bond acceptors (Lipinski definition) is 4. The highest BCUT2D eigenvalue weighted by Gasteiger charge is 2.63. The molecule has 3 unspecified atom stereocenters. The summed E-state index contributed by atoms with van der Waals surface area (Å²) in [7, 11) is 0. The van der Waals surface area contributed by atoms with Crippen molar-refractivity contribution in [2.24, 2.45) is 17.1 Å². The molecule has 2 amide bonds. The van der Waals surface area contributed by atoms with E-state index in [0.717, 1.165) is 38.6 Å². The summed E-state index contributed by atoms with van der Waals surface area (Å²) in [6, 6.07) is 0.0115. The fraction of sp³-hybridized carbons (Fsp3) is 0.900. The van der Waals surface area contributed by atoms with Gasteiger partial charge in [-0.25, -0.2) is 0 Å². The van der Waals surface area contributed by atoms with Gasteiger partial charge in [0.2, 0.25) is 11.8 Å². The molecule has 2 saturated carbocycles. The monoisotopic (exact) mass is 401 g/mol. The predicted molar refractivity (Wildman–Crippen MR) is 108 cm³/mol. The number of likely N-dealkylation sites (tertiary alicyclic amines) is 1. The van der Waals surface area contributed by atoms with E-state index in [0.29, 0.717) is 19.6 Å². The standard InChI is InChI=1S/C20H35N3O3.ClH/c1-4-26-16-12-20(21,19(16,2)3)18(25)22-15-10-11-23(13-15)17(24)14-8-6-5-7-9-14;/h14-16H,4-13,21H2,1-3H3,(H,22,25);1H. The number of carbonyl (C=O) groups is 2. The third-order valence-corrected chi connectivity index (χ3v) is 7.02. The fourth-order valence-corrected chi connectivity index (χ4v) is 4.82. The Hall–Kier alpha value is -0.850. The Bertz CT molecular complexity index is 551. The van der Waals surface area contributed by atoms with Gasteiger partial charge in [0.05, 0.1) is 6.10 Å². The van der Waals surface area contributed by atoms with Crippen LogP contribution in [0.3, 0.4) is 0 Å². The molecule has 0 aromatic carbocycles. The molecule has 3 rings (SSSR count). The summed E-state index contributed by atoms with van der Waals surface area (Å²) in [4.78, 5) is 27.5. The Kier molecular flexibility index (Phi) is 7.20. The molecule has 0 radical (unpaired) electrons. The first-order valence-electron chi connectivity index (χ1n) is 10.3. The summed E-state index contributed by atoms with van der Waals surface area (Å²) < 4.78 is 5.71. The van der Waals surface area contributed by atoms with Crippen molar-refractivity contribution < 1.29 is 14.3 Å². The highest BCUT2D eigenvalue weighted by atomic mass is 35.5. The zero-order valence-corrected chi connectivity index (χ0v) is 17.8. The molecule has 2 aliphatic carbocycles. The van der Waals surface area contributed by atoms with Crippen molar-refractivity contribution in [3.63, 3.8) is 0 Å². The number of amides is 2. The van der Waals surface area contributed by atoms with Gasteiger partial charge in [0.1, 0.15) is 5.54 Å². The topological polar surface area (TPSA) is 84.7 Å². The van der Waals surface area contributed by atoms with Gasteiger partial charge in [0.25, 0.3) is 0 Å². The number of halogens is 1. The summed E-state index contributed by atoms with van der Waals surface area (Å²) in [5.74, 6) is 0.372. The smallest absolute Gasteiger partial charge is 0.241 e. The van der Waals surface area contributed by atoms with Crippen LogP contribution in [0.5, 0.6) is 0 Å². The van der Waals surface area contributed by atoms with E-state index < -0.39 is 5.54 Å². The van der Waals surface area contributed by atoms with E-state index >= 15 is 0 Å². The average Bonchev–Trinajstić information content (AvgIpc) is 3.09. The molecule has 3 N–H and O–H groups in total. The normalized spacial score (nSPS) is 33.1. The van der Waals surface area contributed by atoms with Gasteiger partial charge in [0, 0.05) is 43.5 Å². The van der Waals surface area contributed by atoms with E-state index in [1.54, 1.807) is 0 Å². The van der Waals surface area contributed by atoms with Gasteiger partial charge in [0.15, 0.2) is 0 Å². The first kappa shape index (κ1) is 22.4. The average molecular weight is 402 g/mol. The third kappa shape index (κ3) is 4.13. The molecule has 7 heteroatoms. The van der Waals surface area contributed by atoms with Crippen LogP contribution >= 0.6 is 12.4 Å². The van der Waals surface area contributed by atoms with E-state index in [2.05, 4.69) is 5.32 Å². The molecule has 3 atom stereocenters. The minimum absolute atomic E-state index is 0. The van der Waals surface area contributed by atoms with Crippen LogP contribution in [-0.4, -0.2) is 54.1 Å². The summed E-state index contributed by atoms with van der Waals surface area (Å²) in [6.07, 6.45) is 7.01. The second-order valence-corrected chi connectivity index (χ2v) is 8.92. The number of rotatable bonds is 5. The summed E-state index contributed by atoms with van der Waals surface area (Å²) >= 11 is 0. The lowest BCUT2D eigenvalue weighted by atomic mass is 9.54. The first-order chi connectivity index (χ1) is 12.3. The number of hydrogen-bond donors (Lipinski definition) is 2. The number of carbonyl (C=O) groups excluding carboxylic acids is 2. The Balaban J connectivity index is 0.00000261. The molecular weight excluding hydrogens is 366 g/mol. The molecule has 1 saturated heterocycles. The van der Waals surface area contributed by atoms with Crippen LogP contribution in [0.4, 0.5) is 0 Å². The number of nitrogens with zero attached hydrogens (tertiary/aromatic N) is 1. The summed E-state index contributed by atoms with van der Waals surface area (Å²) in [5.41, 5.74) is 5.18. The molecule has 0 aromatic rings. The molecule has 27 heavy (non-hydrogen) atoms. The zero-order valence-electron chi connectivity index (χ0n) is 17.0. The van der Waals surface area contributed by atoms with Crippen LogP contribution < -0.4 is 11.1 Å². The van der Waals surface area contributed by atoms with Gasteiger partial charge in [-0.3, -0.25) is 9.59 Å². The molecule has 0 aromatic heterocycles. The number of ether oxygens (including phenoxy) is 1. The Morgan fingerprint density at radius 3 is 2.44 bits per heavy atom. The lowest BCUT2D eigenvalue weighted by molar-refractivity contribution is -0.171. The third-order valence-electron chi connectivity index (χ3n) is 7.02. The van der Waals surface area contributed by atoms with Crippen LogP contribution in [0.25, 0.3) is 0 Å². The fourth-order valence-electron chi connectivity index (χ4n) is 4.82. The van der Waals surface area contributed by atoms with E-state index in [4.69, 9.17) is 10.5 Å². The Morgan fingerprint density at radius 2 is 1.85 bits per heavy atom. The van der Waals surface area contributed by atoms with Crippen LogP contribution in [0, 0.1) is 11.3 Å². The van der Waals surface area contributed by atoms with Crippen molar-refractivity contribution in [1.82, 2.24) is 10.2 Å². The van der Waals surface area contributed by atoms with E-state index in [-0.39, 0.29) is 47.7 Å². The molecule has 3 fully saturated rings. The Morgan fingerprint density at radius 1 is 1.19 bits per heavy atom. The maximum atomic E-state index is 12.9. The Labute approximate surface area is 169 Å². The highest BCUT2D eigenvalue weighted by molar-refractivity contribution is 5.89. The van der Waals surface area contributed by atoms with Crippen LogP contribution in [-0.2, 0) is 14.3 Å². The molecule has 1 heterocycles. The number of nitrogens with two attached hydrogens (primary N) is 1. The van der Waals surface area contributed by atoms with Gasteiger partial charge < -0.3 is 20.7 Å². The van der Waals surface area contributed by atoms with Crippen molar-refractivity contribution in [2.45, 2.75) is 83.4 Å². The van der Waals surface area contributed by atoms with Crippen LogP contribution in [0.2, 0.25) is 0 Å². The van der Waals surface area contributed by atoms with Gasteiger partial charge in [-0.1, -0.05) is 33.1 Å². The maximum absolute atomic E-state index is 12.9. The molecular formula is C20H36ClN3O3. The lowest BCUT2D eigenvalue weighted by Crippen LogP contribution is -2.76. The largest absolute Gasteiger partial charge is 0.378 e. The van der Waals surface area contributed by atoms with Crippen LogP contribution in [0.15, 0.2) is 0 Å². The minimum Gasteiger partial charge on any atom is -0.378 e. The second-order valence-electron chi connectivity index (χ2n) is 8.92. The van der Waals surface area contributed by atoms with Crippen molar-refractivity contribution in [3.8, 4) is 0 Å². The predicted octanol–water partition coefficient (Wildman–Crippen LogP) is 2.24. The van der Waals surface area contributed by atoms with Crippen LogP contribution in [0.1, 0.15) is 65.7 Å². The lowest BCUT2D eigenvalue weighted by Gasteiger charge is -2.57. The van der Waals surface area contributed by atoms with Gasteiger partial charge in [-0.2, -0.15) is 0 Å². The summed E-state index contributed by atoms with van der Waals surface area (Å²) in [6.45, 7) is 7.96. The molecule has 6 nitrogen and oxygen atoms in total. The van der Waals surface area contributed by atoms with Gasteiger partial charge >= 0.3 is 0 Å². The number of nitrogens with one attached hydrogen (secondary N) is 1. The maximum Gasteiger partial charge on any atom is 0.241 e.